The molecule has 0 aromatic rings. The van der Waals surface area contributed by atoms with Gasteiger partial charge in [0.2, 0.25) is 5.91 Å². The number of hydrogen-bond donors (Lipinski definition) is 3. The molecular weight excluding hydrogens is 719 g/mol. The number of nitrogens with one attached hydrogen (secondary N) is 1. The van der Waals surface area contributed by atoms with Crippen molar-refractivity contribution in [2.24, 2.45) is 0 Å². The lowest BCUT2D eigenvalue weighted by Gasteiger charge is -2.24. The lowest BCUT2D eigenvalue weighted by molar-refractivity contribution is -0.150. The lowest BCUT2D eigenvalue weighted by atomic mass is 10.0. The van der Waals surface area contributed by atoms with Crippen molar-refractivity contribution < 1.29 is 24.5 Å². The molecule has 0 aliphatic heterocycles. The van der Waals surface area contributed by atoms with E-state index in [0.717, 1.165) is 64.2 Å². The van der Waals surface area contributed by atoms with Crippen LogP contribution in [0.15, 0.2) is 48.6 Å². The first kappa shape index (κ1) is 55.8. The van der Waals surface area contributed by atoms with Gasteiger partial charge in [-0.2, -0.15) is 0 Å². The second-order valence-corrected chi connectivity index (χ2v) is 16.9. The number of rotatable bonds is 44. The summed E-state index contributed by atoms with van der Waals surface area (Å²) in [6.45, 7) is 6.41. The second-order valence-electron chi connectivity index (χ2n) is 16.9. The van der Waals surface area contributed by atoms with Gasteiger partial charge in [-0.3, -0.25) is 9.59 Å². The molecule has 0 rings (SSSR count). The van der Waals surface area contributed by atoms with Gasteiger partial charge in [0.15, 0.2) is 0 Å². The van der Waals surface area contributed by atoms with Crippen molar-refractivity contribution in [2.45, 2.75) is 264 Å². The van der Waals surface area contributed by atoms with E-state index < -0.39 is 18.2 Å². The molecule has 6 nitrogen and oxygen atoms in total. The minimum Gasteiger partial charge on any atom is -0.462 e. The van der Waals surface area contributed by atoms with Gasteiger partial charge in [-0.15, -0.1) is 0 Å². The van der Waals surface area contributed by atoms with E-state index in [1.54, 1.807) is 0 Å². The van der Waals surface area contributed by atoms with E-state index in [2.05, 4.69) is 68.6 Å². The summed E-state index contributed by atoms with van der Waals surface area (Å²) in [6, 6.07) is -0.712. The molecule has 0 fully saturated rings. The molecular formula is C52H95NO5. The Bertz CT molecular complexity index is 1000. The van der Waals surface area contributed by atoms with Crippen LogP contribution in [0.3, 0.4) is 0 Å². The molecule has 0 saturated carbocycles. The third kappa shape index (κ3) is 40.6. The number of aliphatic hydroxyl groups is 2. The summed E-state index contributed by atoms with van der Waals surface area (Å²) in [5.74, 6) is -0.560. The van der Waals surface area contributed by atoms with Gasteiger partial charge in [0.05, 0.1) is 25.2 Å². The standard InChI is InChI=1S/C52H95NO5/c1-4-7-10-13-16-19-21-23-24-25-26-28-29-32-34-37-40-43-48(58-52(57)45-42-39-36-33-30-27-22-20-17-14-11-8-5-2)46-51(56)53-49(47-54)50(55)44-41-38-35-31-18-15-12-9-6-3/h16,19,23-24,27,30,36,39,48-50,54-55H,4-15,17-18,20-22,25-26,28-29,31-35,37-38,40-47H2,1-3H3,(H,53,56)/b19-16-,24-23-,30-27-,39-36+. The summed E-state index contributed by atoms with van der Waals surface area (Å²) in [5.41, 5.74) is 0. The van der Waals surface area contributed by atoms with Crippen LogP contribution in [-0.2, 0) is 14.3 Å². The van der Waals surface area contributed by atoms with E-state index in [4.69, 9.17) is 4.74 Å². The molecule has 3 atom stereocenters. The van der Waals surface area contributed by atoms with Crippen molar-refractivity contribution >= 4 is 11.9 Å². The summed E-state index contributed by atoms with van der Waals surface area (Å²) >= 11 is 0. The molecule has 0 spiro atoms. The first-order chi connectivity index (χ1) is 28.5. The molecule has 0 radical (unpaired) electrons. The zero-order valence-electron chi connectivity index (χ0n) is 38.4. The maximum atomic E-state index is 13.1. The van der Waals surface area contributed by atoms with E-state index in [9.17, 15) is 19.8 Å². The maximum absolute atomic E-state index is 13.1. The SMILES string of the molecule is CCCCC/C=C\C/C=C\CCCCCCCCCC(CC(=O)NC(CO)C(O)CCCCCCCCCCC)OC(=O)CC/C=C/C/C=C\CCCCCCCC. The lowest BCUT2D eigenvalue weighted by Crippen LogP contribution is -2.46. The third-order valence-electron chi connectivity index (χ3n) is 11.1. The van der Waals surface area contributed by atoms with Gasteiger partial charge >= 0.3 is 5.97 Å². The fourth-order valence-electron chi connectivity index (χ4n) is 7.34. The first-order valence-corrected chi connectivity index (χ1v) is 24.9. The molecule has 3 N–H and O–H groups in total. The third-order valence-corrected chi connectivity index (χ3v) is 11.1. The smallest absolute Gasteiger partial charge is 0.306 e. The second kappa shape index (κ2) is 45.9. The normalized spacial score (nSPS) is 13.7. The Morgan fingerprint density at radius 1 is 0.500 bits per heavy atom. The molecule has 0 aromatic carbocycles. The highest BCUT2D eigenvalue weighted by Crippen LogP contribution is 2.17. The average molecular weight is 814 g/mol. The predicted octanol–water partition coefficient (Wildman–Crippen LogP) is 14.7. The zero-order chi connectivity index (χ0) is 42.4. The van der Waals surface area contributed by atoms with Gasteiger partial charge in [0, 0.05) is 6.42 Å². The van der Waals surface area contributed by atoms with Crippen molar-refractivity contribution in [3.63, 3.8) is 0 Å². The Morgan fingerprint density at radius 3 is 1.34 bits per heavy atom. The fourth-order valence-corrected chi connectivity index (χ4v) is 7.34. The van der Waals surface area contributed by atoms with Gasteiger partial charge < -0.3 is 20.3 Å². The molecule has 0 aliphatic rings. The Labute approximate surface area is 359 Å². The van der Waals surface area contributed by atoms with Crippen LogP contribution in [0.4, 0.5) is 0 Å². The van der Waals surface area contributed by atoms with E-state index in [1.165, 1.54) is 128 Å². The monoisotopic (exact) mass is 814 g/mol. The predicted molar refractivity (Wildman–Crippen MR) is 250 cm³/mol. The summed E-state index contributed by atoms with van der Waals surface area (Å²) in [5, 5.41) is 23.6. The van der Waals surface area contributed by atoms with Gasteiger partial charge in [0.25, 0.3) is 0 Å². The number of unbranched alkanes of at least 4 members (excludes halogenated alkanes) is 24. The molecule has 0 saturated heterocycles. The number of aliphatic hydroxyl groups excluding tert-OH is 2. The number of ether oxygens (including phenoxy) is 1. The van der Waals surface area contributed by atoms with Crippen LogP contribution in [0.5, 0.6) is 0 Å². The maximum Gasteiger partial charge on any atom is 0.306 e. The van der Waals surface area contributed by atoms with E-state index >= 15 is 0 Å². The number of carbonyl (C=O) groups excluding carboxylic acids is 2. The molecule has 0 aromatic heterocycles. The highest BCUT2D eigenvalue weighted by molar-refractivity contribution is 5.77. The van der Waals surface area contributed by atoms with Crippen LogP contribution < -0.4 is 5.32 Å². The van der Waals surface area contributed by atoms with E-state index in [0.29, 0.717) is 19.3 Å². The number of allylic oxidation sites excluding steroid dienone is 8. The Hall–Kier alpha value is -2.18. The molecule has 0 bridgehead atoms. The summed E-state index contributed by atoms with van der Waals surface area (Å²) < 4.78 is 5.88. The van der Waals surface area contributed by atoms with Crippen molar-refractivity contribution in [2.75, 3.05) is 6.61 Å². The fraction of sp³-hybridized carbons (Fsp3) is 0.808. The van der Waals surface area contributed by atoms with Crippen LogP contribution >= 0.6 is 0 Å². The molecule has 58 heavy (non-hydrogen) atoms. The molecule has 338 valence electrons. The summed E-state index contributed by atoms with van der Waals surface area (Å²) in [4.78, 5) is 26.0. The van der Waals surface area contributed by atoms with Gasteiger partial charge in [0.1, 0.15) is 6.10 Å². The highest BCUT2D eigenvalue weighted by atomic mass is 16.5. The molecule has 0 aliphatic carbocycles. The average Bonchev–Trinajstić information content (AvgIpc) is 3.22. The van der Waals surface area contributed by atoms with E-state index in [1.807, 2.05) is 6.08 Å². The van der Waals surface area contributed by atoms with Crippen molar-refractivity contribution in [1.82, 2.24) is 5.32 Å². The summed E-state index contributed by atoms with van der Waals surface area (Å²) in [7, 11) is 0. The molecule has 6 heteroatoms. The van der Waals surface area contributed by atoms with Gasteiger partial charge in [-0.05, 0) is 77.0 Å². The van der Waals surface area contributed by atoms with Crippen molar-refractivity contribution in [1.29, 1.82) is 0 Å². The van der Waals surface area contributed by atoms with Gasteiger partial charge in [-0.1, -0.05) is 204 Å². The van der Waals surface area contributed by atoms with Crippen LogP contribution in [0.25, 0.3) is 0 Å². The minimum atomic E-state index is -0.796. The first-order valence-electron chi connectivity index (χ1n) is 24.9. The Morgan fingerprint density at radius 2 is 0.879 bits per heavy atom. The molecule has 0 heterocycles. The number of esters is 1. The highest BCUT2D eigenvalue weighted by Gasteiger charge is 2.24. The Kier molecular flexibility index (Phi) is 44.2. The number of carbonyl (C=O) groups is 2. The van der Waals surface area contributed by atoms with Gasteiger partial charge in [-0.25, -0.2) is 0 Å². The number of hydrogen-bond acceptors (Lipinski definition) is 5. The zero-order valence-corrected chi connectivity index (χ0v) is 38.4. The van der Waals surface area contributed by atoms with Crippen LogP contribution in [0, 0.1) is 0 Å². The van der Waals surface area contributed by atoms with Crippen LogP contribution in [0.1, 0.15) is 245 Å². The van der Waals surface area contributed by atoms with Crippen LogP contribution in [0.2, 0.25) is 0 Å². The number of amides is 1. The van der Waals surface area contributed by atoms with Crippen LogP contribution in [-0.4, -0.2) is 46.9 Å². The van der Waals surface area contributed by atoms with Crippen molar-refractivity contribution in [3.05, 3.63) is 48.6 Å². The summed E-state index contributed by atoms with van der Waals surface area (Å²) in [6.07, 6.45) is 54.7. The largest absolute Gasteiger partial charge is 0.462 e. The quantitative estimate of drug-likeness (QED) is 0.0323. The van der Waals surface area contributed by atoms with Crippen molar-refractivity contribution in [3.8, 4) is 0 Å². The molecule has 3 unspecified atom stereocenters. The van der Waals surface area contributed by atoms with E-state index in [-0.39, 0.29) is 31.3 Å². The molecule has 1 amide bonds. The Balaban J connectivity index is 4.66. The minimum absolute atomic E-state index is 0.0500. The topological polar surface area (TPSA) is 95.9 Å².